The number of aliphatic hydroxyl groups excluding tert-OH is 1. The average molecular weight is 269 g/mol. The Morgan fingerprint density at radius 2 is 2.00 bits per heavy atom. The minimum absolute atomic E-state index is 0.0291. The van der Waals surface area contributed by atoms with Crippen LogP contribution in [0, 0.1) is 6.92 Å². The standard InChI is InChI=1S/C16H15NO3/c1-11-5-7-14(8-6-11)20-16(19)12(2)15(18)13-4-3-9-17-10-13/h3-10,15,18H,2H2,1H3. The van der Waals surface area contributed by atoms with Crippen LogP contribution in [0.15, 0.2) is 60.9 Å². The third kappa shape index (κ3) is 3.30. The number of nitrogens with zero attached hydrogens (tertiary/aromatic N) is 1. The van der Waals surface area contributed by atoms with Crippen LogP contribution in [0.2, 0.25) is 0 Å². The van der Waals surface area contributed by atoms with Gasteiger partial charge in [0, 0.05) is 18.0 Å². The Hall–Kier alpha value is -2.46. The molecule has 1 unspecified atom stereocenters. The first-order valence-electron chi connectivity index (χ1n) is 6.13. The molecule has 1 heterocycles. The van der Waals surface area contributed by atoms with Crippen molar-refractivity contribution in [3.05, 3.63) is 72.1 Å². The normalized spacial score (nSPS) is 11.7. The number of rotatable bonds is 4. The van der Waals surface area contributed by atoms with E-state index < -0.39 is 12.1 Å². The van der Waals surface area contributed by atoms with E-state index in [0.717, 1.165) is 5.56 Å². The molecule has 20 heavy (non-hydrogen) atoms. The highest BCUT2D eigenvalue weighted by molar-refractivity contribution is 5.90. The van der Waals surface area contributed by atoms with Crippen molar-refractivity contribution >= 4 is 5.97 Å². The number of hydrogen-bond donors (Lipinski definition) is 1. The maximum atomic E-state index is 11.9. The zero-order chi connectivity index (χ0) is 14.5. The summed E-state index contributed by atoms with van der Waals surface area (Å²) >= 11 is 0. The summed E-state index contributed by atoms with van der Waals surface area (Å²) in [5.74, 6) is -0.245. The van der Waals surface area contributed by atoms with E-state index in [9.17, 15) is 9.90 Å². The van der Waals surface area contributed by atoms with E-state index in [2.05, 4.69) is 11.6 Å². The Bertz CT molecular complexity index is 605. The van der Waals surface area contributed by atoms with Crippen LogP contribution in [0.25, 0.3) is 0 Å². The van der Waals surface area contributed by atoms with Gasteiger partial charge in [0.2, 0.25) is 0 Å². The van der Waals surface area contributed by atoms with Gasteiger partial charge < -0.3 is 9.84 Å². The number of carbonyl (C=O) groups excluding carboxylic acids is 1. The van der Waals surface area contributed by atoms with Gasteiger partial charge in [0.05, 0.1) is 5.57 Å². The predicted molar refractivity (Wildman–Crippen MR) is 75.2 cm³/mol. The molecule has 0 bridgehead atoms. The van der Waals surface area contributed by atoms with Gasteiger partial charge in [-0.25, -0.2) is 4.79 Å². The van der Waals surface area contributed by atoms with E-state index in [4.69, 9.17) is 4.74 Å². The molecule has 2 aromatic rings. The van der Waals surface area contributed by atoms with Gasteiger partial charge in [-0.1, -0.05) is 30.3 Å². The molecule has 4 nitrogen and oxygen atoms in total. The molecule has 0 saturated heterocycles. The van der Waals surface area contributed by atoms with Crippen LogP contribution >= 0.6 is 0 Å². The molecule has 2 rings (SSSR count). The molecule has 0 fully saturated rings. The van der Waals surface area contributed by atoms with Crippen molar-refractivity contribution < 1.29 is 14.6 Å². The molecule has 1 atom stereocenters. The van der Waals surface area contributed by atoms with Gasteiger partial charge in [-0.05, 0) is 25.1 Å². The second-order valence-electron chi connectivity index (χ2n) is 4.42. The van der Waals surface area contributed by atoms with Crippen LogP contribution in [0.3, 0.4) is 0 Å². The second kappa shape index (κ2) is 6.12. The number of aromatic nitrogens is 1. The van der Waals surface area contributed by atoms with Crippen molar-refractivity contribution in [1.29, 1.82) is 0 Å². The number of aliphatic hydroxyl groups is 1. The lowest BCUT2D eigenvalue weighted by atomic mass is 10.1. The van der Waals surface area contributed by atoms with E-state index in [1.807, 2.05) is 19.1 Å². The molecule has 102 valence electrons. The Balaban J connectivity index is 2.05. The lowest BCUT2D eigenvalue weighted by Crippen LogP contribution is -2.16. The van der Waals surface area contributed by atoms with Gasteiger partial charge in [-0.3, -0.25) is 4.98 Å². The van der Waals surface area contributed by atoms with E-state index in [-0.39, 0.29) is 5.57 Å². The maximum absolute atomic E-state index is 11.9. The second-order valence-corrected chi connectivity index (χ2v) is 4.42. The highest BCUT2D eigenvalue weighted by Gasteiger charge is 2.20. The van der Waals surface area contributed by atoms with Gasteiger partial charge >= 0.3 is 5.97 Å². The van der Waals surface area contributed by atoms with Crippen molar-refractivity contribution in [1.82, 2.24) is 4.98 Å². The number of ether oxygens (including phenoxy) is 1. The smallest absolute Gasteiger partial charge is 0.341 e. The van der Waals surface area contributed by atoms with Crippen molar-refractivity contribution in [2.75, 3.05) is 0 Å². The quantitative estimate of drug-likeness (QED) is 0.526. The Morgan fingerprint density at radius 1 is 1.30 bits per heavy atom. The maximum Gasteiger partial charge on any atom is 0.341 e. The molecule has 0 radical (unpaired) electrons. The Morgan fingerprint density at radius 3 is 2.60 bits per heavy atom. The first-order chi connectivity index (χ1) is 9.58. The minimum atomic E-state index is -1.12. The van der Waals surface area contributed by atoms with Crippen molar-refractivity contribution in [3.63, 3.8) is 0 Å². The number of benzene rings is 1. The molecule has 0 aliphatic heterocycles. The van der Waals surface area contributed by atoms with Gasteiger partial charge in [0.25, 0.3) is 0 Å². The van der Waals surface area contributed by atoms with Crippen LogP contribution in [0.1, 0.15) is 17.2 Å². The molecule has 0 saturated carbocycles. The van der Waals surface area contributed by atoms with E-state index in [0.29, 0.717) is 11.3 Å². The summed E-state index contributed by atoms with van der Waals surface area (Å²) in [6, 6.07) is 10.4. The summed E-state index contributed by atoms with van der Waals surface area (Å²) in [4.78, 5) is 15.8. The molecule has 0 aliphatic carbocycles. The van der Waals surface area contributed by atoms with Gasteiger partial charge in [0.1, 0.15) is 11.9 Å². The highest BCUT2D eigenvalue weighted by Crippen LogP contribution is 2.21. The van der Waals surface area contributed by atoms with Gasteiger partial charge in [0.15, 0.2) is 0 Å². The Kier molecular flexibility index (Phi) is 4.27. The highest BCUT2D eigenvalue weighted by atomic mass is 16.5. The fraction of sp³-hybridized carbons (Fsp3) is 0.125. The number of hydrogen-bond acceptors (Lipinski definition) is 4. The van der Waals surface area contributed by atoms with Gasteiger partial charge in [-0.2, -0.15) is 0 Å². The van der Waals surface area contributed by atoms with E-state index in [1.54, 1.807) is 30.5 Å². The number of aryl methyl sites for hydroxylation is 1. The molecular formula is C16H15NO3. The number of esters is 1. The monoisotopic (exact) mass is 269 g/mol. The van der Waals surface area contributed by atoms with E-state index in [1.165, 1.54) is 6.20 Å². The van der Waals surface area contributed by atoms with Crippen LogP contribution in [0.5, 0.6) is 5.75 Å². The third-order valence-corrected chi connectivity index (χ3v) is 2.82. The molecule has 0 spiro atoms. The lowest BCUT2D eigenvalue weighted by molar-refractivity contribution is -0.131. The van der Waals surface area contributed by atoms with Crippen LogP contribution in [-0.4, -0.2) is 16.1 Å². The van der Waals surface area contributed by atoms with Crippen LogP contribution in [0.4, 0.5) is 0 Å². The van der Waals surface area contributed by atoms with Crippen LogP contribution < -0.4 is 4.74 Å². The molecule has 0 aliphatic rings. The average Bonchev–Trinajstić information content (AvgIpc) is 2.49. The summed E-state index contributed by atoms with van der Waals surface area (Å²) in [7, 11) is 0. The number of carbonyl (C=O) groups is 1. The third-order valence-electron chi connectivity index (χ3n) is 2.82. The summed E-state index contributed by atoms with van der Waals surface area (Å²) in [6.45, 7) is 5.53. The van der Waals surface area contributed by atoms with Crippen molar-refractivity contribution in [2.24, 2.45) is 0 Å². The first-order valence-corrected chi connectivity index (χ1v) is 6.13. The minimum Gasteiger partial charge on any atom is -0.423 e. The van der Waals surface area contributed by atoms with Gasteiger partial charge in [-0.15, -0.1) is 0 Å². The topological polar surface area (TPSA) is 59.4 Å². The van der Waals surface area contributed by atoms with Crippen molar-refractivity contribution in [2.45, 2.75) is 13.0 Å². The molecule has 0 amide bonds. The summed E-state index contributed by atoms with van der Waals surface area (Å²) in [5.41, 5.74) is 1.54. The number of pyridine rings is 1. The molecular weight excluding hydrogens is 254 g/mol. The van der Waals surface area contributed by atoms with E-state index >= 15 is 0 Å². The molecule has 1 N–H and O–H groups in total. The Labute approximate surface area is 117 Å². The lowest BCUT2D eigenvalue weighted by Gasteiger charge is -2.13. The predicted octanol–water partition coefficient (Wildman–Crippen LogP) is 2.59. The van der Waals surface area contributed by atoms with Crippen LogP contribution in [-0.2, 0) is 4.79 Å². The molecule has 4 heteroatoms. The summed E-state index contributed by atoms with van der Waals surface area (Å²) in [6.07, 6.45) is 1.94. The molecule has 1 aromatic heterocycles. The fourth-order valence-corrected chi connectivity index (χ4v) is 1.63. The first kappa shape index (κ1) is 14.0. The SMILES string of the molecule is C=C(C(=O)Oc1ccc(C)cc1)C(O)c1cccnc1. The molecule has 1 aromatic carbocycles. The van der Waals surface area contributed by atoms with Crippen molar-refractivity contribution in [3.8, 4) is 5.75 Å². The zero-order valence-electron chi connectivity index (χ0n) is 11.1. The largest absolute Gasteiger partial charge is 0.423 e. The fourth-order valence-electron chi connectivity index (χ4n) is 1.63. The summed E-state index contributed by atoms with van der Waals surface area (Å²) in [5, 5.41) is 10.0. The summed E-state index contributed by atoms with van der Waals surface area (Å²) < 4.78 is 5.15. The zero-order valence-corrected chi connectivity index (χ0v) is 11.1.